The van der Waals surface area contributed by atoms with E-state index in [1.165, 1.54) is 4.90 Å². The smallest absolute Gasteiger partial charge is 0.261 e. The number of nitrogens with zero attached hydrogens (tertiary/aromatic N) is 1. The van der Waals surface area contributed by atoms with E-state index in [1.807, 2.05) is 68.4 Å². The monoisotopic (exact) mass is 512 g/mol. The van der Waals surface area contributed by atoms with Gasteiger partial charge in [-0.1, -0.05) is 84.2 Å². The second-order valence-electron chi connectivity index (χ2n) is 8.32. The number of benzene rings is 3. The summed E-state index contributed by atoms with van der Waals surface area (Å²) in [6.07, 6.45) is 1.12. The molecule has 0 aliphatic rings. The lowest BCUT2D eigenvalue weighted by atomic mass is 10.0. The minimum atomic E-state index is -0.773. The van der Waals surface area contributed by atoms with Gasteiger partial charge in [-0.15, -0.1) is 0 Å². The quantitative estimate of drug-likeness (QED) is 0.350. The van der Waals surface area contributed by atoms with Crippen LogP contribution in [0.2, 0.25) is 10.0 Å². The average molecular weight is 513 g/mol. The summed E-state index contributed by atoms with van der Waals surface area (Å²) in [6.45, 7) is 4.32. The van der Waals surface area contributed by atoms with Crippen LogP contribution in [0.25, 0.3) is 0 Å². The van der Waals surface area contributed by atoms with Crippen LogP contribution in [0.5, 0.6) is 5.75 Å². The van der Waals surface area contributed by atoms with Crippen LogP contribution in [0.4, 0.5) is 0 Å². The molecule has 0 aliphatic carbocycles. The van der Waals surface area contributed by atoms with Gasteiger partial charge in [-0.25, -0.2) is 0 Å². The first kappa shape index (κ1) is 26.6. The molecule has 3 aromatic carbocycles. The molecule has 0 aliphatic heterocycles. The molecule has 3 rings (SSSR count). The van der Waals surface area contributed by atoms with Gasteiger partial charge in [0.05, 0.1) is 0 Å². The Morgan fingerprint density at radius 3 is 2.23 bits per heavy atom. The van der Waals surface area contributed by atoms with E-state index < -0.39 is 6.04 Å². The molecule has 0 bridgehead atoms. The standard InChI is InChI=1S/C28H30Cl2N2O3/c1-3-16-31-28(34)26(17-21-8-5-4-6-9-21)32(18-23-24(29)10-7-11-25(23)30)27(33)19-35-22-14-12-20(2)13-15-22/h4-15,26H,3,16-19H2,1-2H3,(H,31,34)/t26-/m0/s1. The van der Waals surface area contributed by atoms with Crippen LogP contribution in [0.15, 0.2) is 72.8 Å². The summed E-state index contributed by atoms with van der Waals surface area (Å²) in [5.41, 5.74) is 2.61. The van der Waals surface area contributed by atoms with Crippen molar-refractivity contribution in [3.63, 3.8) is 0 Å². The lowest BCUT2D eigenvalue weighted by Crippen LogP contribution is -2.51. The molecule has 1 atom stereocenters. The van der Waals surface area contributed by atoms with Crippen LogP contribution in [-0.4, -0.2) is 35.9 Å². The molecule has 0 saturated carbocycles. The highest BCUT2D eigenvalue weighted by molar-refractivity contribution is 6.36. The van der Waals surface area contributed by atoms with E-state index in [-0.39, 0.29) is 25.0 Å². The third kappa shape index (κ3) is 7.74. The molecule has 0 radical (unpaired) electrons. The fourth-order valence-electron chi connectivity index (χ4n) is 3.64. The molecule has 0 heterocycles. The largest absolute Gasteiger partial charge is 0.484 e. The van der Waals surface area contributed by atoms with Crippen LogP contribution in [0.3, 0.4) is 0 Å². The van der Waals surface area contributed by atoms with E-state index in [2.05, 4.69) is 5.32 Å². The molecule has 0 spiro atoms. The maximum atomic E-state index is 13.6. The molecule has 0 unspecified atom stereocenters. The molecule has 3 aromatic rings. The highest BCUT2D eigenvalue weighted by atomic mass is 35.5. The van der Waals surface area contributed by atoms with Crippen molar-refractivity contribution < 1.29 is 14.3 Å². The minimum Gasteiger partial charge on any atom is -0.484 e. The number of nitrogens with one attached hydrogen (secondary N) is 1. The second-order valence-corrected chi connectivity index (χ2v) is 9.13. The second kappa shape index (κ2) is 13.2. The fraction of sp³-hybridized carbons (Fsp3) is 0.286. The summed E-state index contributed by atoms with van der Waals surface area (Å²) >= 11 is 12.9. The summed E-state index contributed by atoms with van der Waals surface area (Å²) in [7, 11) is 0. The predicted molar refractivity (Wildman–Crippen MR) is 141 cm³/mol. The lowest BCUT2D eigenvalue weighted by molar-refractivity contribution is -0.142. The third-order valence-electron chi connectivity index (χ3n) is 5.59. The maximum absolute atomic E-state index is 13.6. The number of ether oxygens (including phenoxy) is 1. The SMILES string of the molecule is CCCNC(=O)[C@H](Cc1ccccc1)N(Cc1c(Cl)cccc1Cl)C(=O)COc1ccc(C)cc1. The zero-order valence-electron chi connectivity index (χ0n) is 20.0. The third-order valence-corrected chi connectivity index (χ3v) is 6.30. The molecule has 1 N–H and O–H groups in total. The van der Waals surface area contributed by atoms with Crippen LogP contribution in [-0.2, 0) is 22.6 Å². The molecule has 184 valence electrons. The van der Waals surface area contributed by atoms with Crippen molar-refractivity contribution in [2.45, 2.75) is 39.3 Å². The summed E-state index contributed by atoms with van der Waals surface area (Å²) in [4.78, 5) is 28.4. The van der Waals surface area contributed by atoms with Crippen molar-refractivity contribution in [2.75, 3.05) is 13.2 Å². The highest BCUT2D eigenvalue weighted by Gasteiger charge is 2.31. The summed E-state index contributed by atoms with van der Waals surface area (Å²) in [5.74, 6) is 0.00595. The number of halogens is 2. The van der Waals surface area contributed by atoms with Crippen molar-refractivity contribution in [2.24, 2.45) is 0 Å². The van der Waals surface area contributed by atoms with Gasteiger partial charge >= 0.3 is 0 Å². The number of carbonyl (C=O) groups excluding carboxylic acids is 2. The number of carbonyl (C=O) groups is 2. The number of hydrogen-bond donors (Lipinski definition) is 1. The van der Waals surface area contributed by atoms with Gasteiger partial charge < -0.3 is 15.0 Å². The summed E-state index contributed by atoms with van der Waals surface area (Å²) in [6, 6.07) is 21.5. The van der Waals surface area contributed by atoms with Crippen LogP contribution in [0, 0.1) is 6.92 Å². The fourth-order valence-corrected chi connectivity index (χ4v) is 4.15. The Labute approximate surface area is 217 Å². The molecule has 0 saturated heterocycles. The Morgan fingerprint density at radius 2 is 1.60 bits per heavy atom. The van der Waals surface area contributed by atoms with Gasteiger partial charge in [0.25, 0.3) is 5.91 Å². The minimum absolute atomic E-state index is 0.0750. The molecule has 2 amide bonds. The molecular formula is C28H30Cl2N2O3. The number of aryl methyl sites for hydroxylation is 1. The first-order chi connectivity index (χ1) is 16.9. The van der Waals surface area contributed by atoms with E-state index in [4.69, 9.17) is 27.9 Å². The normalized spacial score (nSPS) is 11.5. The van der Waals surface area contributed by atoms with E-state index in [1.54, 1.807) is 18.2 Å². The predicted octanol–water partition coefficient (Wildman–Crippen LogP) is 5.85. The Bertz CT molecular complexity index is 1100. The molecular weight excluding hydrogens is 483 g/mol. The van der Waals surface area contributed by atoms with E-state index in [0.717, 1.165) is 17.5 Å². The van der Waals surface area contributed by atoms with Crippen molar-refractivity contribution >= 4 is 35.0 Å². The number of amides is 2. The highest BCUT2D eigenvalue weighted by Crippen LogP contribution is 2.27. The van der Waals surface area contributed by atoms with Gasteiger partial charge in [0.1, 0.15) is 11.8 Å². The topological polar surface area (TPSA) is 58.6 Å². The van der Waals surface area contributed by atoms with Gasteiger partial charge in [-0.3, -0.25) is 9.59 Å². The molecule has 7 heteroatoms. The Hall–Kier alpha value is -3.02. The number of hydrogen-bond acceptors (Lipinski definition) is 3. The first-order valence-corrected chi connectivity index (χ1v) is 12.4. The van der Waals surface area contributed by atoms with Crippen molar-refractivity contribution in [3.05, 3.63) is 99.5 Å². The van der Waals surface area contributed by atoms with E-state index in [0.29, 0.717) is 34.3 Å². The van der Waals surface area contributed by atoms with Gasteiger partial charge in [0.15, 0.2) is 6.61 Å². The van der Waals surface area contributed by atoms with Gasteiger partial charge in [0, 0.05) is 35.1 Å². The first-order valence-electron chi connectivity index (χ1n) is 11.6. The van der Waals surface area contributed by atoms with Crippen LogP contribution < -0.4 is 10.1 Å². The van der Waals surface area contributed by atoms with Gasteiger partial charge in [0.2, 0.25) is 5.91 Å². The van der Waals surface area contributed by atoms with Crippen LogP contribution >= 0.6 is 23.2 Å². The van der Waals surface area contributed by atoms with Crippen LogP contribution in [0.1, 0.15) is 30.0 Å². The molecule has 35 heavy (non-hydrogen) atoms. The molecule has 5 nitrogen and oxygen atoms in total. The summed E-state index contributed by atoms with van der Waals surface area (Å²) < 4.78 is 5.77. The van der Waals surface area contributed by atoms with Crippen molar-refractivity contribution in [1.29, 1.82) is 0 Å². The molecule has 0 fully saturated rings. The van der Waals surface area contributed by atoms with Gasteiger partial charge in [-0.05, 0) is 43.2 Å². The average Bonchev–Trinajstić information content (AvgIpc) is 2.86. The van der Waals surface area contributed by atoms with E-state index in [9.17, 15) is 9.59 Å². The summed E-state index contributed by atoms with van der Waals surface area (Å²) in [5, 5.41) is 3.81. The Kier molecular flexibility index (Phi) is 10.0. The molecule has 0 aromatic heterocycles. The zero-order chi connectivity index (χ0) is 25.2. The van der Waals surface area contributed by atoms with Crippen molar-refractivity contribution in [3.8, 4) is 5.75 Å². The Morgan fingerprint density at radius 1 is 0.943 bits per heavy atom. The number of rotatable bonds is 11. The zero-order valence-corrected chi connectivity index (χ0v) is 21.5. The van der Waals surface area contributed by atoms with E-state index >= 15 is 0 Å². The maximum Gasteiger partial charge on any atom is 0.261 e. The van der Waals surface area contributed by atoms with Crippen molar-refractivity contribution in [1.82, 2.24) is 10.2 Å². The Balaban J connectivity index is 1.93. The lowest BCUT2D eigenvalue weighted by Gasteiger charge is -2.32. The van der Waals surface area contributed by atoms with Gasteiger partial charge in [-0.2, -0.15) is 0 Å².